The van der Waals surface area contributed by atoms with E-state index in [-0.39, 0.29) is 12.4 Å². The fraction of sp³-hybridized carbons (Fsp3) is 0.167. The van der Waals surface area contributed by atoms with Gasteiger partial charge < -0.3 is 23.8 Å². The maximum Gasteiger partial charge on any atom is 0.360 e. The monoisotopic (exact) mass is 385 g/mol. The van der Waals surface area contributed by atoms with Gasteiger partial charge in [0.15, 0.2) is 17.2 Å². The van der Waals surface area contributed by atoms with Crippen molar-refractivity contribution in [2.45, 2.75) is 0 Å². The van der Waals surface area contributed by atoms with Crippen molar-refractivity contribution in [3.63, 3.8) is 0 Å². The Morgan fingerprint density at radius 1 is 1.18 bits per heavy atom. The number of methoxy groups -OCH3 is 2. The lowest BCUT2D eigenvalue weighted by Crippen LogP contribution is -2.35. The SMILES string of the molecule is COc1ccc(-c2cn[nH][n+]2-c2cc(OC)c3c(c2)OCO3)cc1C(=O)ON. The molecule has 0 spiro atoms. The maximum atomic E-state index is 12.0. The summed E-state index contributed by atoms with van der Waals surface area (Å²) in [5.41, 5.74) is 2.26. The number of benzene rings is 2. The number of nitrogens with zero attached hydrogens (tertiary/aromatic N) is 2. The van der Waals surface area contributed by atoms with Gasteiger partial charge in [-0.05, 0) is 18.2 Å². The number of nitrogens with two attached hydrogens (primary N) is 1. The molecule has 28 heavy (non-hydrogen) atoms. The highest BCUT2D eigenvalue weighted by Gasteiger charge is 2.26. The van der Waals surface area contributed by atoms with Crippen LogP contribution in [0.4, 0.5) is 0 Å². The van der Waals surface area contributed by atoms with Crippen molar-refractivity contribution >= 4 is 5.97 Å². The molecule has 1 aromatic heterocycles. The molecule has 10 heteroatoms. The number of aromatic amines is 1. The largest absolute Gasteiger partial charge is 0.496 e. The summed E-state index contributed by atoms with van der Waals surface area (Å²) in [6.45, 7) is 0.124. The number of rotatable bonds is 5. The molecule has 1 aliphatic heterocycles. The standard InChI is InChI=1S/C18H16N4O6/c1-24-14-4-3-10(5-12(14)18(23)28-19)13-8-20-21-22(13)11-6-15(25-2)17-16(7-11)26-9-27-17/h3-8H,9,19H2,1-2H3/p+1. The molecule has 0 unspecified atom stereocenters. The Kier molecular flexibility index (Phi) is 4.45. The van der Waals surface area contributed by atoms with Gasteiger partial charge in [-0.15, -0.1) is 4.68 Å². The quantitative estimate of drug-likeness (QED) is 0.495. The minimum atomic E-state index is -0.710. The van der Waals surface area contributed by atoms with E-state index in [0.717, 1.165) is 0 Å². The number of H-pyrrole nitrogens is 1. The summed E-state index contributed by atoms with van der Waals surface area (Å²) < 4.78 is 23.2. The van der Waals surface area contributed by atoms with E-state index in [0.29, 0.717) is 39.9 Å². The third-order valence-electron chi connectivity index (χ3n) is 4.31. The number of hydrogen-bond donors (Lipinski definition) is 2. The molecule has 0 bridgehead atoms. The third kappa shape index (κ3) is 2.85. The van der Waals surface area contributed by atoms with Crippen molar-refractivity contribution in [3.8, 4) is 39.9 Å². The number of fused-ring (bicyclic) bond motifs is 1. The van der Waals surface area contributed by atoms with Crippen LogP contribution in [0.15, 0.2) is 36.5 Å². The number of nitrogens with one attached hydrogen (secondary N) is 1. The summed E-state index contributed by atoms with van der Waals surface area (Å²) >= 11 is 0. The minimum Gasteiger partial charge on any atom is -0.496 e. The lowest BCUT2D eigenvalue weighted by Gasteiger charge is -2.09. The van der Waals surface area contributed by atoms with Crippen molar-refractivity contribution < 1.29 is 33.3 Å². The Balaban J connectivity index is 1.82. The Labute approximate surface area is 159 Å². The number of aromatic nitrogens is 3. The molecule has 0 fully saturated rings. The minimum absolute atomic E-state index is 0.124. The summed E-state index contributed by atoms with van der Waals surface area (Å²) in [5, 5.41) is 7.01. The van der Waals surface area contributed by atoms with E-state index in [1.807, 2.05) is 0 Å². The van der Waals surface area contributed by atoms with Gasteiger partial charge in [0.1, 0.15) is 11.3 Å². The molecule has 0 amide bonds. The van der Waals surface area contributed by atoms with Gasteiger partial charge in [-0.25, -0.2) is 4.79 Å². The van der Waals surface area contributed by atoms with E-state index < -0.39 is 5.97 Å². The molecule has 2 aromatic carbocycles. The van der Waals surface area contributed by atoms with Gasteiger partial charge in [-0.1, -0.05) is 5.21 Å². The maximum absolute atomic E-state index is 12.0. The summed E-state index contributed by atoms with van der Waals surface area (Å²) in [5.74, 6) is 6.30. The highest BCUT2D eigenvalue weighted by atomic mass is 16.7. The molecule has 2 heterocycles. The van der Waals surface area contributed by atoms with Crippen molar-refractivity contribution in [1.82, 2.24) is 10.3 Å². The van der Waals surface area contributed by atoms with Crippen LogP contribution in [0.25, 0.3) is 16.9 Å². The van der Waals surface area contributed by atoms with Gasteiger partial charge in [0.05, 0.1) is 14.2 Å². The first-order valence-electron chi connectivity index (χ1n) is 8.19. The molecule has 1 aliphatic rings. The second-order valence-electron chi connectivity index (χ2n) is 5.78. The van der Waals surface area contributed by atoms with Gasteiger partial charge in [-0.2, -0.15) is 5.90 Å². The van der Waals surface area contributed by atoms with E-state index in [4.69, 9.17) is 24.8 Å². The van der Waals surface area contributed by atoms with Crippen LogP contribution in [-0.2, 0) is 4.84 Å². The smallest absolute Gasteiger partial charge is 0.360 e. The second kappa shape index (κ2) is 7.08. The molecule has 0 radical (unpaired) electrons. The van der Waals surface area contributed by atoms with Gasteiger partial charge in [0, 0.05) is 22.8 Å². The van der Waals surface area contributed by atoms with Crippen LogP contribution in [0.3, 0.4) is 0 Å². The van der Waals surface area contributed by atoms with E-state index >= 15 is 0 Å². The van der Waals surface area contributed by atoms with E-state index in [9.17, 15) is 4.79 Å². The van der Waals surface area contributed by atoms with Crippen LogP contribution < -0.4 is 29.5 Å². The summed E-state index contributed by atoms with van der Waals surface area (Å²) in [7, 11) is 3.01. The predicted molar refractivity (Wildman–Crippen MR) is 94.4 cm³/mol. The first-order chi connectivity index (χ1) is 13.7. The van der Waals surface area contributed by atoms with Crippen LogP contribution >= 0.6 is 0 Å². The van der Waals surface area contributed by atoms with Crippen molar-refractivity contribution in [3.05, 3.63) is 42.1 Å². The molecule has 0 atom stereocenters. The zero-order valence-corrected chi connectivity index (χ0v) is 15.1. The molecular weight excluding hydrogens is 368 g/mol. The van der Waals surface area contributed by atoms with Crippen molar-refractivity contribution in [2.75, 3.05) is 21.0 Å². The number of hydrogen-bond acceptors (Lipinski definition) is 8. The molecule has 0 saturated heterocycles. The third-order valence-corrected chi connectivity index (χ3v) is 4.31. The average molecular weight is 385 g/mol. The molecule has 4 rings (SSSR count). The van der Waals surface area contributed by atoms with Crippen LogP contribution in [0.1, 0.15) is 10.4 Å². The first kappa shape index (κ1) is 17.6. The topological polar surface area (TPSA) is 122 Å². The Hall–Kier alpha value is -3.79. The van der Waals surface area contributed by atoms with Gasteiger partial charge in [0.25, 0.3) is 0 Å². The molecule has 3 N–H and O–H groups in total. The predicted octanol–water partition coefficient (Wildman–Crippen LogP) is 1.13. The summed E-state index contributed by atoms with van der Waals surface area (Å²) in [6, 6.07) is 8.63. The molecule has 3 aromatic rings. The van der Waals surface area contributed by atoms with Crippen LogP contribution in [0.5, 0.6) is 23.0 Å². The highest BCUT2D eigenvalue weighted by Crippen LogP contribution is 2.42. The van der Waals surface area contributed by atoms with Gasteiger partial charge >= 0.3 is 5.97 Å². The Morgan fingerprint density at radius 3 is 2.75 bits per heavy atom. The van der Waals surface area contributed by atoms with Crippen LogP contribution in [0.2, 0.25) is 0 Å². The number of carbonyl (C=O) groups excluding carboxylic acids is 1. The normalized spacial score (nSPS) is 12.0. The van der Waals surface area contributed by atoms with Crippen LogP contribution in [-0.4, -0.2) is 37.3 Å². The van der Waals surface area contributed by atoms with E-state index in [2.05, 4.69) is 15.1 Å². The van der Waals surface area contributed by atoms with Gasteiger partial charge in [-0.3, -0.25) is 0 Å². The van der Waals surface area contributed by atoms with Gasteiger partial charge in [0.2, 0.25) is 24.4 Å². The molecular formula is C18H17N4O6+. The zero-order valence-electron chi connectivity index (χ0n) is 15.1. The Bertz CT molecular complexity index is 1050. The lowest BCUT2D eigenvalue weighted by atomic mass is 10.1. The van der Waals surface area contributed by atoms with Crippen molar-refractivity contribution in [1.29, 1.82) is 0 Å². The number of carbonyl (C=O) groups is 1. The highest BCUT2D eigenvalue weighted by molar-refractivity contribution is 5.93. The zero-order chi connectivity index (χ0) is 19.7. The summed E-state index contributed by atoms with van der Waals surface area (Å²) in [6.07, 6.45) is 1.62. The Morgan fingerprint density at radius 2 is 2.00 bits per heavy atom. The van der Waals surface area contributed by atoms with Crippen molar-refractivity contribution in [2.24, 2.45) is 5.90 Å². The molecule has 10 nitrogen and oxygen atoms in total. The molecule has 144 valence electrons. The fourth-order valence-electron chi connectivity index (χ4n) is 2.99. The fourth-order valence-corrected chi connectivity index (χ4v) is 2.99. The average Bonchev–Trinajstić information content (AvgIpc) is 3.41. The van der Waals surface area contributed by atoms with Crippen LogP contribution in [0, 0.1) is 0 Å². The first-order valence-corrected chi connectivity index (χ1v) is 8.19. The molecule has 0 aliphatic carbocycles. The summed E-state index contributed by atoms with van der Waals surface area (Å²) in [4.78, 5) is 16.3. The van der Waals surface area contributed by atoms with E-state index in [1.54, 1.807) is 48.3 Å². The van der Waals surface area contributed by atoms with E-state index in [1.165, 1.54) is 7.11 Å². The lowest BCUT2D eigenvalue weighted by molar-refractivity contribution is -0.648. The second-order valence-corrected chi connectivity index (χ2v) is 5.78. The number of ether oxygens (including phenoxy) is 4. The molecule has 0 saturated carbocycles.